The average molecular weight is 371 g/mol. The molecule has 4 rings (SSSR count). The fourth-order valence-electron chi connectivity index (χ4n) is 3.35. The van der Waals surface area contributed by atoms with Crippen molar-refractivity contribution in [3.63, 3.8) is 0 Å². The van der Waals surface area contributed by atoms with Gasteiger partial charge in [-0.1, -0.05) is 71.5 Å². The lowest BCUT2D eigenvalue weighted by Crippen LogP contribution is -2.43. The second kappa shape index (κ2) is 7.64. The maximum absolute atomic E-state index is 13.2. The van der Waals surface area contributed by atoms with E-state index < -0.39 is 0 Å². The Kier molecular flexibility index (Phi) is 4.89. The molecule has 2 heterocycles. The molecule has 0 radical (unpaired) electrons. The fraction of sp³-hybridized carbons (Fsp3) is 0.174. The standard InChI is InChI=1S/C23H21N3O2/c1-2-3-14-19-22(27)25(18-12-8-5-9-13-18)21-16-15-20(24-26(21)23(19)28)17-10-6-4-7-11-17/h4-13,15-16H,2-3,14H2,1H3. The highest BCUT2D eigenvalue weighted by Crippen LogP contribution is 2.18. The summed E-state index contributed by atoms with van der Waals surface area (Å²) in [6.07, 6.45) is 2.13. The number of hydrogen-bond acceptors (Lipinski definition) is 3. The Morgan fingerprint density at radius 2 is 1.64 bits per heavy atom. The lowest BCUT2D eigenvalue weighted by molar-refractivity contribution is -0.632. The van der Waals surface area contributed by atoms with Gasteiger partial charge in [-0.25, -0.2) is 9.36 Å². The number of aromatic nitrogens is 3. The van der Waals surface area contributed by atoms with Gasteiger partial charge in [0.15, 0.2) is 0 Å². The third-order valence-electron chi connectivity index (χ3n) is 4.82. The first-order chi connectivity index (χ1) is 13.7. The van der Waals surface area contributed by atoms with Crippen molar-refractivity contribution >= 4 is 5.65 Å². The van der Waals surface area contributed by atoms with E-state index in [1.54, 1.807) is 10.6 Å². The van der Waals surface area contributed by atoms with Crippen molar-refractivity contribution in [2.75, 3.05) is 0 Å². The van der Waals surface area contributed by atoms with Gasteiger partial charge in [0.1, 0.15) is 11.4 Å². The minimum absolute atomic E-state index is 0.265. The molecule has 0 saturated heterocycles. The van der Waals surface area contributed by atoms with Crippen LogP contribution in [0.3, 0.4) is 0 Å². The van der Waals surface area contributed by atoms with Crippen LogP contribution < -0.4 is 15.2 Å². The zero-order valence-electron chi connectivity index (χ0n) is 15.7. The average Bonchev–Trinajstić information content (AvgIpc) is 2.75. The highest BCUT2D eigenvalue weighted by molar-refractivity contribution is 5.59. The van der Waals surface area contributed by atoms with Crippen LogP contribution in [0.5, 0.6) is 5.88 Å². The first kappa shape index (κ1) is 17.9. The summed E-state index contributed by atoms with van der Waals surface area (Å²) in [5.41, 5.74) is 2.73. The Hall–Kier alpha value is -3.47. The van der Waals surface area contributed by atoms with Crippen LogP contribution >= 0.6 is 0 Å². The molecule has 5 heteroatoms. The van der Waals surface area contributed by atoms with E-state index in [1.165, 1.54) is 4.52 Å². The van der Waals surface area contributed by atoms with Gasteiger partial charge in [-0.05, 0) is 31.0 Å². The second-order valence-corrected chi connectivity index (χ2v) is 6.72. The normalized spacial score (nSPS) is 11.0. The molecule has 0 fully saturated rings. The molecule has 4 aromatic rings. The van der Waals surface area contributed by atoms with Crippen LogP contribution in [0.4, 0.5) is 0 Å². The molecule has 140 valence electrons. The lowest BCUT2D eigenvalue weighted by Gasteiger charge is -2.16. The van der Waals surface area contributed by atoms with E-state index in [-0.39, 0.29) is 17.0 Å². The molecule has 0 aliphatic carbocycles. The zero-order valence-corrected chi connectivity index (χ0v) is 15.7. The minimum Gasteiger partial charge on any atom is -0.842 e. The smallest absolute Gasteiger partial charge is 0.365 e. The minimum atomic E-state index is -0.335. The predicted octanol–water partition coefficient (Wildman–Crippen LogP) is 3.05. The summed E-state index contributed by atoms with van der Waals surface area (Å²) in [5.74, 6) is -0.265. The summed E-state index contributed by atoms with van der Waals surface area (Å²) >= 11 is 0. The predicted molar refractivity (Wildman–Crippen MR) is 106 cm³/mol. The Morgan fingerprint density at radius 3 is 2.32 bits per heavy atom. The first-order valence-corrected chi connectivity index (χ1v) is 9.49. The SMILES string of the molecule is CCCCc1c([O-])[n+](-c2ccccc2)c2ccc(-c3ccccc3)nn2c1=O. The van der Waals surface area contributed by atoms with E-state index >= 15 is 0 Å². The van der Waals surface area contributed by atoms with Gasteiger partial charge in [0.2, 0.25) is 0 Å². The summed E-state index contributed by atoms with van der Waals surface area (Å²) in [4.78, 5) is 13.1. The number of nitrogens with zero attached hydrogens (tertiary/aromatic N) is 3. The molecule has 0 N–H and O–H groups in total. The molecular formula is C23H21N3O2. The fourth-order valence-corrected chi connectivity index (χ4v) is 3.35. The molecular weight excluding hydrogens is 350 g/mol. The van der Waals surface area contributed by atoms with E-state index in [0.717, 1.165) is 24.1 Å². The molecule has 0 unspecified atom stereocenters. The van der Waals surface area contributed by atoms with E-state index in [0.29, 0.717) is 17.8 Å². The summed E-state index contributed by atoms with van der Waals surface area (Å²) in [6, 6.07) is 22.7. The molecule has 0 bridgehead atoms. The molecule has 0 amide bonds. The Labute approximate surface area is 163 Å². The van der Waals surface area contributed by atoms with Crippen molar-refractivity contribution < 1.29 is 9.67 Å². The van der Waals surface area contributed by atoms with E-state index in [4.69, 9.17) is 0 Å². The van der Waals surface area contributed by atoms with Crippen molar-refractivity contribution in [2.45, 2.75) is 26.2 Å². The monoisotopic (exact) mass is 371 g/mol. The third kappa shape index (κ3) is 3.16. The molecule has 0 saturated carbocycles. The number of para-hydroxylation sites is 1. The molecule has 5 nitrogen and oxygen atoms in total. The number of unbranched alkanes of at least 4 members (excludes halogenated alkanes) is 1. The van der Waals surface area contributed by atoms with Gasteiger partial charge in [0.05, 0.1) is 11.4 Å². The molecule has 2 aromatic carbocycles. The number of hydrogen-bond donors (Lipinski definition) is 0. The Bertz CT molecular complexity index is 1170. The number of fused-ring (bicyclic) bond motifs is 1. The van der Waals surface area contributed by atoms with Crippen LogP contribution in [0, 0.1) is 0 Å². The van der Waals surface area contributed by atoms with E-state index in [2.05, 4.69) is 5.10 Å². The molecule has 28 heavy (non-hydrogen) atoms. The van der Waals surface area contributed by atoms with Gasteiger partial charge in [-0.2, -0.15) is 0 Å². The van der Waals surface area contributed by atoms with Gasteiger partial charge in [-0.15, -0.1) is 0 Å². The second-order valence-electron chi connectivity index (χ2n) is 6.72. The first-order valence-electron chi connectivity index (χ1n) is 9.49. The molecule has 0 spiro atoms. The molecule has 2 aromatic heterocycles. The van der Waals surface area contributed by atoms with Crippen molar-refractivity contribution in [1.82, 2.24) is 9.61 Å². The summed E-state index contributed by atoms with van der Waals surface area (Å²) < 4.78 is 2.94. The number of rotatable bonds is 5. The van der Waals surface area contributed by atoms with Gasteiger partial charge in [-0.3, -0.25) is 0 Å². The quantitative estimate of drug-likeness (QED) is 0.507. The largest absolute Gasteiger partial charge is 0.842 e. The maximum Gasteiger partial charge on any atom is 0.365 e. The molecule has 0 aliphatic heterocycles. The topological polar surface area (TPSA) is 61.3 Å². The Balaban J connectivity index is 2.03. The van der Waals surface area contributed by atoms with E-state index in [9.17, 15) is 9.90 Å². The van der Waals surface area contributed by atoms with Crippen molar-refractivity contribution in [2.24, 2.45) is 0 Å². The highest BCUT2D eigenvalue weighted by atomic mass is 16.3. The van der Waals surface area contributed by atoms with Gasteiger partial charge in [0, 0.05) is 11.6 Å². The summed E-state index contributed by atoms with van der Waals surface area (Å²) in [5, 5.41) is 17.8. The summed E-state index contributed by atoms with van der Waals surface area (Å²) in [7, 11) is 0. The van der Waals surface area contributed by atoms with Crippen LogP contribution in [0.25, 0.3) is 22.6 Å². The van der Waals surface area contributed by atoms with Crippen LogP contribution in [-0.2, 0) is 6.42 Å². The Morgan fingerprint density at radius 1 is 0.964 bits per heavy atom. The van der Waals surface area contributed by atoms with Crippen molar-refractivity contribution in [3.8, 4) is 22.8 Å². The van der Waals surface area contributed by atoms with Gasteiger partial charge in [0.25, 0.3) is 0 Å². The molecule has 0 aliphatic rings. The number of benzene rings is 2. The van der Waals surface area contributed by atoms with Crippen molar-refractivity contribution in [1.29, 1.82) is 0 Å². The molecule has 0 atom stereocenters. The van der Waals surface area contributed by atoms with Crippen LogP contribution in [0.1, 0.15) is 25.3 Å². The van der Waals surface area contributed by atoms with Crippen LogP contribution in [0.15, 0.2) is 77.6 Å². The summed E-state index contributed by atoms with van der Waals surface area (Å²) in [6.45, 7) is 2.04. The van der Waals surface area contributed by atoms with E-state index in [1.807, 2.05) is 73.7 Å². The maximum atomic E-state index is 13.2. The lowest BCUT2D eigenvalue weighted by atomic mass is 10.1. The van der Waals surface area contributed by atoms with Gasteiger partial charge < -0.3 is 5.11 Å². The van der Waals surface area contributed by atoms with Crippen LogP contribution in [-0.4, -0.2) is 9.61 Å². The highest BCUT2D eigenvalue weighted by Gasteiger charge is 2.21. The van der Waals surface area contributed by atoms with Crippen LogP contribution in [0.2, 0.25) is 0 Å². The third-order valence-corrected chi connectivity index (χ3v) is 4.82. The van der Waals surface area contributed by atoms with Crippen molar-refractivity contribution in [3.05, 3.63) is 88.7 Å². The van der Waals surface area contributed by atoms with Gasteiger partial charge >= 0.3 is 11.2 Å². The zero-order chi connectivity index (χ0) is 19.5.